The number of carbonyl (C=O) groups excluding carboxylic acids is 3. The summed E-state index contributed by atoms with van der Waals surface area (Å²) in [5.74, 6) is -0.459. The molecule has 1 aliphatic rings. The van der Waals surface area contributed by atoms with Crippen molar-refractivity contribution < 1.29 is 23.5 Å². The maximum atomic E-state index is 12.7. The van der Waals surface area contributed by atoms with Gasteiger partial charge in [-0.05, 0) is 37.3 Å². The van der Waals surface area contributed by atoms with Gasteiger partial charge in [0.15, 0.2) is 5.54 Å². The monoisotopic (exact) mass is 377 g/mol. The summed E-state index contributed by atoms with van der Waals surface area (Å²) >= 11 is 5.92. The Labute approximate surface area is 154 Å². The fourth-order valence-electron chi connectivity index (χ4n) is 2.68. The molecule has 1 aromatic carbocycles. The maximum absolute atomic E-state index is 12.7. The van der Waals surface area contributed by atoms with E-state index in [9.17, 15) is 14.4 Å². The summed E-state index contributed by atoms with van der Waals surface area (Å²) in [7, 11) is 1.45. The lowest BCUT2D eigenvalue weighted by molar-refractivity contribution is -0.134. The quantitative estimate of drug-likeness (QED) is 0.779. The molecular formula is C17H16ClN3O5. The van der Waals surface area contributed by atoms with Crippen LogP contribution >= 0.6 is 11.6 Å². The summed E-state index contributed by atoms with van der Waals surface area (Å²) in [6, 6.07) is 7.24. The number of rotatable bonds is 5. The molecule has 1 fully saturated rings. The number of amides is 4. The zero-order chi connectivity index (χ0) is 18.9. The minimum atomic E-state index is -1.35. The van der Waals surface area contributed by atoms with E-state index in [1.165, 1.54) is 26.4 Å². The van der Waals surface area contributed by atoms with E-state index in [1.54, 1.807) is 24.3 Å². The predicted octanol–water partition coefficient (Wildman–Crippen LogP) is 2.35. The van der Waals surface area contributed by atoms with Crippen LogP contribution in [0, 0.1) is 0 Å². The van der Waals surface area contributed by atoms with Gasteiger partial charge in [0, 0.05) is 5.02 Å². The Bertz CT molecular complexity index is 867. The van der Waals surface area contributed by atoms with E-state index in [4.69, 9.17) is 20.8 Å². The maximum Gasteiger partial charge on any atom is 0.325 e. The molecule has 2 aromatic rings. The number of nitrogens with one attached hydrogen (secondary N) is 2. The number of imide groups is 1. The van der Waals surface area contributed by atoms with Crippen LogP contribution in [0.4, 0.5) is 10.5 Å². The Balaban J connectivity index is 1.75. The highest BCUT2D eigenvalue weighted by molar-refractivity contribution is 6.31. The largest absolute Gasteiger partial charge is 0.495 e. The fourth-order valence-corrected chi connectivity index (χ4v) is 2.85. The van der Waals surface area contributed by atoms with Gasteiger partial charge in [0.05, 0.1) is 19.1 Å². The molecular weight excluding hydrogens is 362 g/mol. The highest BCUT2D eigenvalue weighted by Gasteiger charge is 2.51. The Kier molecular flexibility index (Phi) is 4.60. The lowest BCUT2D eigenvalue weighted by atomic mass is 9.99. The topological polar surface area (TPSA) is 101 Å². The Morgan fingerprint density at radius 3 is 2.81 bits per heavy atom. The van der Waals surface area contributed by atoms with Crippen LogP contribution in [0.2, 0.25) is 5.02 Å². The molecule has 2 N–H and O–H groups in total. The number of hydrogen-bond donors (Lipinski definition) is 2. The molecule has 1 aliphatic heterocycles. The summed E-state index contributed by atoms with van der Waals surface area (Å²) in [6.45, 7) is 1.06. The van der Waals surface area contributed by atoms with Gasteiger partial charge in [0.1, 0.15) is 18.1 Å². The number of carbonyl (C=O) groups is 3. The molecule has 1 atom stereocenters. The summed E-state index contributed by atoms with van der Waals surface area (Å²) in [5.41, 5.74) is -1.01. The fraction of sp³-hybridized carbons (Fsp3) is 0.235. The van der Waals surface area contributed by atoms with E-state index < -0.39 is 29.9 Å². The number of furan rings is 1. The average molecular weight is 378 g/mol. The minimum absolute atomic E-state index is 0.287. The van der Waals surface area contributed by atoms with E-state index in [0.717, 1.165) is 4.90 Å². The van der Waals surface area contributed by atoms with Gasteiger partial charge in [-0.1, -0.05) is 11.6 Å². The van der Waals surface area contributed by atoms with E-state index in [1.807, 2.05) is 0 Å². The van der Waals surface area contributed by atoms with Crippen molar-refractivity contribution >= 4 is 35.1 Å². The number of benzene rings is 1. The van der Waals surface area contributed by atoms with Gasteiger partial charge >= 0.3 is 6.03 Å². The van der Waals surface area contributed by atoms with Crippen molar-refractivity contribution in [3.8, 4) is 5.75 Å². The van der Waals surface area contributed by atoms with Crippen LogP contribution in [-0.2, 0) is 15.1 Å². The number of ether oxygens (including phenoxy) is 1. The lowest BCUT2D eigenvalue weighted by Crippen LogP contribution is -2.41. The highest BCUT2D eigenvalue weighted by atomic mass is 35.5. The standard InChI is InChI=1S/C17H16ClN3O5/c1-17(13-4-3-7-26-13)15(23)21(16(24)20-17)9-14(22)19-11-8-10(18)5-6-12(11)25-2/h3-8H,9H2,1-2H3,(H,19,22)(H,20,24). The van der Waals surface area contributed by atoms with Crippen molar-refractivity contribution in [2.24, 2.45) is 0 Å². The van der Waals surface area contributed by atoms with Crippen LogP contribution in [0.15, 0.2) is 41.0 Å². The first-order valence-electron chi connectivity index (χ1n) is 7.66. The first-order valence-corrected chi connectivity index (χ1v) is 8.04. The zero-order valence-corrected chi connectivity index (χ0v) is 14.8. The molecule has 0 saturated carbocycles. The van der Waals surface area contributed by atoms with E-state index in [0.29, 0.717) is 16.5 Å². The molecule has 1 aromatic heterocycles. The van der Waals surface area contributed by atoms with Crippen molar-refractivity contribution in [1.29, 1.82) is 0 Å². The van der Waals surface area contributed by atoms with Gasteiger partial charge in [-0.3, -0.25) is 14.5 Å². The van der Waals surface area contributed by atoms with Gasteiger partial charge in [-0.25, -0.2) is 4.79 Å². The molecule has 4 amide bonds. The smallest absolute Gasteiger partial charge is 0.325 e. The predicted molar refractivity (Wildman–Crippen MR) is 92.9 cm³/mol. The summed E-state index contributed by atoms with van der Waals surface area (Å²) in [5, 5.41) is 5.54. The van der Waals surface area contributed by atoms with Crippen LogP contribution in [0.1, 0.15) is 12.7 Å². The van der Waals surface area contributed by atoms with Gasteiger partial charge in [-0.2, -0.15) is 0 Å². The number of nitrogens with zero attached hydrogens (tertiary/aromatic N) is 1. The van der Waals surface area contributed by atoms with Crippen LogP contribution in [-0.4, -0.2) is 36.4 Å². The molecule has 26 heavy (non-hydrogen) atoms. The Morgan fingerprint density at radius 1 is 1.38 bits per heavy atom. The van der Waals surface area contributed by atoms with Crippen LogP contribution in [0.3, 0.4) is 0 Å². The number of halogens is 1. The second-order valence-electron chi connectivity index (χ2n) is 5.82. The minimum Gasteiger partial charge on any atom is -0.495 e. The molecule has 2 heterocycles. The van der Waals surface area contributed by atoms with Crippen molar-refractivity contribution in [3.05, 3.63) is 47.4 Å². The van der Waals surface area contributed by atoms with Gasteiger partial charge in [-0.15, -0.1) is 0 Å². The molecule has 0 spiro atoms. The molecule has 0 aliphatic carbocycles. The third kappa shape index (κ3) is 3.11. The van der Waals surface area contributed by atoms with Gasteiger partial charge in [0.25, 0.3) is 5.91 Å². The van der Waals surface area contributed by atoms with Gasteiger partial charge in [0.2, 0.25) is 5.91 Å². The lowest BCUT2D eigenvalue weighted by Gasteiger charge is -2.19. The molecule has 9 heteroatoms. The van der Waals surface area contributed by atoms with Gasteiger partial charge < -0.3 is 19.8 Å². The third-order valence-corrected chi connectivity index (χ3v) is 4.26. The first-order chi connectivity index (χ1) is 12.3. The second-order valence-corrected chi connectivity index (χ2v) is 6.25. The Hall–Kier alpha value is -3.00. The molecule has 1 unspecified atom stereocenters. The normalized spacial score (nSPS) is 19.4. The zero-order valence-electron chi connectivity index (χ0n) is 14.0. The molecule has 1 saturated heterocycles. The number of urea groups is 1. The number of anilines is 1. The third-order valence-electron chi connectivity index (χ3n) is 4.03. The van der Waals surface area contributed by atoms with Crippen molar-refractivity contribution in [2.75, 3.05) is 19.0 Å². The molecule has 0 radical (unpaired) electrons. The summed E-state index contributed by atoms with van der Waals surface area (Å²) in [6.07, 6.45) is 1.40. The van der Waals surface area contributed by atoms with E-state index in [-0.39, 0.29) is 5.76 Å². The van der Waals surface area contributed by atoms with Crippen LogP contribution in [0.25, 0.3) is 0 Å². The van der Waals surface area contributed by atoms with Crippen LogP contribution < -0.4 is 15.4 Å². The van der Waals surface area contributed by atoms with E-state index >= 15 is 0 Å². The second kappa shape index (κ2) is 6.72. The highest BCUT2D eigenvalue weighted by Crippen LogP contribution is 2.30. The number of hydrogen-bond acceptors (Lipinski definition) is 5. The van der Waals surface area contributed by atoms with Crippen molar-refractivity contribution in [1.82, 2.24) is 10.2 Å². The first kappa shape index (κ1) is 17.8. The summed E-state index contributed by atoms with van der Waals surface area (Å²) < 4.78 is 10.4. The molecule has 136 valence electrons. The molecule has 8 nitrogen and oxygen atoms in total. The Morgan fingerprint density at radius 2 is 2.15 bits per heavy atom. The SMILES string of the molecule is COc1ccc(Cl)cc1NC(=O)CN1C(=O)NC(C)(c2ccco2)C1=O. The summed E-state index contributed by atoms with van der Waals surface area (Å²) in [4.78, 5) is 38.0. The van der Waals surface area contributed by atoms with Crippen molar-refractivity contribution in [2.45, 2.75) is 12.5 Å². The molecule has 0 bridgehead atoms. The van der Waals surface area contributed by atoms with E-state index in [2.05, 4.69) is 10.6 Å². The molecule has 3 rings (SSSR count). The number of methoxy groups -OCH3 is 1. The van der Waals surface area contributed by atoms with Crippen molar-refractivity contribution in [3.63, 3.8) is 0 Å². The van der Waals surface area contributed by atoms with Crippen LogP contribution in [0.5, 0.6) is 5.75 Å². The average Bonchev–Trinajstić information content (AvgIpc) is 3.20.